The number of carbonyl (C=O) groups is 1. The van der Waals surface area contributed by atoms with Gasteiger partial charge in [0.2, 0.25) is 5.91 Å². The van der Waals surface area contributed by atoms with E-state index in [2.05, 4.69) is 10.2 Å². The molecule has 0 spiro atoms. The number of hydrogen-bond donors (Lipinski definition) is 1. The Morgan fingerprint density at radius 3 is 2.04 bits per heavy atom. The van der Waals surface area contributed by atoms with Crippen molar-refractivity contribution in [2.45, 2.75) is 6.54 Å². The summed E-state index contributed by atoms with van der Waals surface area (Å²) in [6, 6.07) is 23.7. The molecule has 1 amide bonds. The number of carbonyl (C=O) groups excluding carboxylic acids is 1. The minimum absolute atomic E-state index is 0.151. The third-order valence-electron chi connectivity index (χ3n) is 4.24. The fraction of sp³-hybridized carbons (Fsp3) is 0.125. The highest BCUT2D eigenvalue weighted by atomic mass is 35.5. The quantitative estimate of drug-likeness (QED) is 0.546. The van der Waals surface area contributed by atoms with E-state index in [4.69, 9.17) is 11.6 Å². The summed E-state index contributed by atoms with van der Waals surface area (Å²) < 4.78 is 0. The lowest BCUT2D eigenvalue weighted by Gasteiger charge is -2.10. The highest BCUT2D eigenvalue weighted by Crippen LogP contribution is 2.22. The van der Waals surface area contributed by atoms with E-state index in [1.54, 1.807) is 12.2 Å². The molecule has 0 aromatic heterocycles. The first kappa shape index (κ1) is 19.9. The van der Waals surface area contributed by atoms with Gasteiger partial charge < -0.3 is 10.2 Å². The summed E-state index contributed by atoms with van der Waals surface area (Å²) in [6.07, 6.45) is 3.35. The predicted octanol–water partition coefficient (Wildman–Crippen LogP) is 5.72. The van der Waals surface area contributed by atoms with E-state index >= 15 is 0 Å². The molecule has 0 atom stereocenters. The zero-order valence-electron chi connectivity index (χ0n) is 16.0. The largest absolute Gasteiger partial charge is 0.323 e. The lowest BCUT2D eigenvalue weighted by atomic mass is 10.0. The van der Waals surface area contributed by atoms with Crippen molar-refractivity contribution >= 4 is 29.3 Å². The molecule has 0 saturated heterocycles. The van der Waals surface area contributed by atoms with Crippen LogP contribution in [0.25, 0.3) is 17.2 Å². The molecule has 0 heterocycles. The Bertz CT molecular complexity index is 943. The molecule has 3 nitrogen and oxygen atoms in total. The number of anilines is 1. The maximum absolute atomic E-state index is 12.2. The van der Waals surface area contributed by atoms with Crippen molar-refractivity contribution in [3.8, 4) is 11.1 Å². The molecule has 142 valence electrons. The van der Waals surface area contributed by atoms with Gasteiger partial charge in [-0.2, -0.15) is 0 Å². The van der Waals surface area contributed by atoms with E-state index in [1.165, 1.54) is 5.56 Å². The van der Waals surface area contributed by atoms with Gasteiger partial charge in [0.25, 0.3) is 0 Å². The third-order valence-corrected chi connectivity index (χ3v) is 4.49. The number of amides is 1. The molecule has 3 rings (SSSR count). The molecule has 0 fully saturated rings. The van der Waals surface area contributed by atoms with Gasteiger partial charge in [-0.1, -0.05) is 60.1 Å². The van der Waals surface area contributed by atoms with Crippen LogP contribution in [0.1, 0.15) is 11.1 Å². The van der Waals surface area contributed by atoms with Crippen LogP contribution in [-0.2, 0) is 11.3 Å². The van der Waals surface area contributed by atoms with Crippen LogP contribution in [0.5, 0.6) is 0 Å². The minimum atomic E-state index is -0.151. The molecule has 3 aromatic carbocycles. The van der Waals surface area contributed by atoms with Crippen LogP contribution >= 0.6 is 11.6 Å². The van der Waals surface area contributed by atoms with E-state index in [0.29, 0.717) is 0 Å². The Morgan fingerprint density at radius 1 is 0.893 bits per heavy atom. The van der Waals surface area contributed by atoms with Gasteiger partial charge in [0.15, 0.2) is 0 Å². The molecule has 0 bridgehead atoms. The maximum atomic E-state index is 12.2. The Labute approximate surface area is 171 Å². The SMILES string of the molecule is CN(C)Cc1ccc(NC(=O)/C=C/c2ccc(-c3ccc(Cl)cc3)cc2)cc1. The number of nitrogens with zero attached hydrogens (tertiary/aromatic N) is 1. The fourth-order valence-electron chi connectivity index (χ4n) is 2.84. The highest BCUT2D eigenvalue weighted by molar-refractivity contribution is 6.30. The monoisotopic (exact) mass is 390 g/mol. The van der Waals surface area contributed by atoms with E-state index < -0.39 is 0 Å². The van der Waals surface area contributed by atoms with Crippen LogP contribution in [0.4, 0.5) is 5.69 Å². The van der Waals surface area contributed by atoms with E-state index in [0.717, 1.165) is 33.9 Å². The first-order valence-corrected chi connectivity index (χ1v) is 9.46. The summed E-state index contributed by atoms with van der Waals surface area (Å²) in [5.41, 5.74) is 5.18. The summed E-state index contributed by atoms with van der Waals surface area (Å²) in [5, 5.41) is 3.61. The van der Waals surface area contributed by atoms with Crippen molar-refractivity contribution in [1.29, 1.82) is 0 Å². The molecule has 0 aliphatic heterocycles. The average Bonchev–Trinajstić information content (AvgIpc) is 2.69. The lowest BCUT2D eigenvalue weighted by molar-refractivity contribution is -0.111. The van der Waals surface area contributed by atoms with Gasteiger partial charge in [0.1, 0.15) is 0 Å². The molecule has 0 aliphatic rings. The number of halogens is 1. The number of hydrogen-bond acceptors (Lipinski definition) is 2. The van der Waals surface area contributed by atoms with Crippen molar-refractivity contribution in [3.05, 3.63) is 95.0 Å². The standard InChI is InChI=1S/C24H23ClN2O/c1-27(2)17-19-5-14-23(15-6-19)26-24(28)16-7-18-3-8-20(9-4-18)21-10-12-22(25)13-11-21/h3-16H,17H2,1-2H3,(H,26,28)/b16-7+. The lowest BCUT2D eigenvalue weighted by Crippen LogP contribution is -2.11. The second-order valence-electron chi connectivity index (χ2n) is 6.89. The number of rotatable bonds is 6. The summed E-state index contributed by atoms with van der Waals surface area (Å²) >= 11 is 5.93. The smallest absolute Gasteiger partial charge is 0.248 e. The zero-order valence-corrected chi connectivity index (χ0v) is 16.8. The van der Waals surface area contributed by atoms with E-state index in [-0.39, 0.29) is 5.91 Å². The van der Waals surface area contributed by atoms with Crippen molar-refractivity contribution < 1.29 is 4.79 Å². The van der Waals surface area contributed by atoms with Gasteiger partial charge >= 0.3 is 0 Å². The Hall–Kier alpha value is -2.88. The van der Waals surface area contributed by atoms with Crippen LogP contribution in [-0.4, -0.2) is 24.9 Å². The molecule has 0 unspecified atom stereocenters. The summed E-state index contributed by atoms with van der Waals surface area (Å²) in [7, 11) is 4.06. The van der Waals surface area contributed by atoms with Crippen molar-refractivity contribution in [2.24, 2.45) is 0 Å². The molecule has 1 N–H and O–H groups in total. The number of benzene rings is 3. The summed E-state index contributed by atoms with van der Waals surface area (Å²) in [5.74, 6) is -0.151. The maximum Gasteiger partial charge on any atom is 0.248 e. The van der Waals surface area contributed by atoms with Crippen LogP contribution in [0.2, 0.25) is 5.02 Å². The van der Waals surface area contributed by atoms with Gasteiger partial charge in [0.05, 0.1) is 0 Å². The fourth-order valence-corrected chi connectivity index (χ4v) is 2.97. The summed E-state index contributed by atoms with van der Waals surface area (Å²) in [6.45, 7) is 0.875. The number of nitrogens with one attached hydrogen (secondary N) is 1. The van der Waals surface area contributed by atoms with Crippen molar-refractivity contribution in [1.82, 2.24) is 4.90 Å². The predicted molar refractivity (Wildman–Crippen MR) is 118 cm³/mol. The van der Waals surface area contributed by atoms with Crippen LogP contribution < -0.4 is 5.32 Å². The highest BCUT2D eigenvalue weighted by Gasteiger charge is 2.01. The minimum Gasteiger partial charge on any atom is -0.323 e. The second kappa shape index (κ2) is 9.36. The molecule has 28 heavy (non-hydrogen) atoms. The van der Waals surface area contributed by atoms with E-state index in [9.17, 15) is 4.79 Å². The third kappa shape index (κ3) is 5.81. The second-order valence-corrected chi connectivity index (χ2v) is 7.32. The average molecular weight is 391 g/mol. The zero-order chi connectivity index (χ0) is 19.9. The van der Waals surface area contributed by atoms with Gasteiger partial charge in [-0.15, -0.1) is 0 Å². The molecular formula is C24H23ClN2O. The molecule has 3 aromatic rings. The van der Waals surface area contributed by atoms with Gasteiger partial charge in [-0.25, -0.2) is 0 Å². The topological polar surface area (TPSA) is 32.3 Å². The van der Waals surface area contributed by atoms with Gasteiger partial charge in [0, 0.05) is 23.3 Å². The molecule has 0 radical (unpaired) electrons. The molecule has 0 saturated carbocycles. The first-order valence-electron chi connectivity index (χ1n) is 9.08. The molecular weight excluding hydrogens is 368 g/mol. The van der Waals surface area contributed by atoms with Crippen LogP contribution in [0.15, 0.2) is 78.9 Å². The Balaban J connectivity index is 1.58. The normalized spacial score (nSPS) is 11.1. The van der Waals surface area contributed by atoms with Gasteiger partial charge in [-0.3, -0.25) is 4.79 Å². The van der Waals surface area contributed by atoms with Crippen LogP contribution in [0.3, 0.4) is 0 Å². The summed E-state index contributed by atoms with van der Waals surface area (Å²) in [4.78, 5) is 14.3. The van der Waals surface area contributed by atoms with Crippen molar-refractivity contribution in [2.75, 3.05) is 19.4 Å². The Kier molecular flexibility index (Phi) is 6.64. The first-order chi connectivity index (χ1) is 13.5. The Morgan fingerprint density at radius 2 is 1.46 bits per heavy atom. The van der Waals surface area contributed by atoms with E-state index in [1.807, 2.05) is 86.9 Å². The van der Waals surface area contributed by atoms with Crippen LogP contribution in [0, 0.1) is 0 Å². The van der Waals surface area contributed by atoms with Crippen molar-refractivity contribution in [3.63, 3.8) is 0 Å². The molecule has 0 aliphatic carbocycles. The molecule has 4 heteroatoms. The van der Waals surface area contributed by atoms with Gasteiger partial charge in [-0.05, 0) is 66.7 Å².